The van der Waals surface area contributed by atoms with Crippen LogP contribution in [-0.4, -0.2) is 67.7 Å². The van der Waals surface area contributed by atoms with Crippen molar-refractivity contribution in [1.82, 2.24) is 10.2 Å². The first-order valence-electron chi connectivity index (χ1n) is 12.2. The van der Waals surface area contributed by atoms with E-state index < -0.39 is 31.8 Å². The molecule has 0 aromatic heterocycles. The standard InChI is InChI=1S/C16H22NO6P.C10H11NO2/c1-3-22-24(20,23-4-2)12-15(18)17-14(11-21-16(17)19)10-13-8-6-5-7-9-13;12-10-11-9(7-13-10)6-8-4-2-1-3-5-8/h5-9,14H,3-4,10-12H2,1-2H3;1-5,9H,6-7H2,(H,11,12). The van der Waals surface area contributed by atoms with E-state index in [1.54, 1.807) is 13.8 Å². The van der Waals surface area contributed by atoms with Crippen molar-refractivity contribution in [3.63, 3.8) is 0 Å². The molecule has 2 aromatic carbocycles. The minimum Gasteiger partial charge on any atom is -0.447 e. The van der Waals surface area contributed by atoms with Gasteiger partial charge in [0, 0.05) is 0 Å². The third kappa shape index (κ3) is 8.70. The van der Waals surface area contributed by atoms with Gasteiger partial charge in [-0.25, -0.2) is 14.5 Å². The van der Waals surface area contributed by atoms with E-state index in [9.17, 15) is 18.9 Å². The number of alkyl carbamates (subject to hydrolysis) is 1. The highest BCUT2D eigenvalue weighted by atomic mass is 31.2. The summed E-state index contributed by atoms with van der Waals surface area (Å²) >= 11 is 0. The minimum absolute atomic E-state index is 0.118. The summed E-state index contributed by atoms with van der Waals surface area (Å²) in [7, 11) is -3.56. The molecule has 2 aliphatic heterocycles. The predicted octanol–water partition coefficient (Wildman–Crippen LogP) is 4.18. The quantitative estimate of drug-likeness (QED) is 0.453. The van der Waals surface area contributed by atoms with Crippen molar-refractivity contribution in [2.75, 3.05) is 32.6 Å². The van der Waals surface area contributed by atoms with E-state index in [4.69, 9.17) is 18.5 Å². The normalized spacial score (nSPS) is 18.9. The van der Waals surface area contributed by atoms with Gasteiger partial charge in [-0.1, -0.05) is 60.7 Å². The number of cyclic esters (lactones) is 2. The summed E-state index contributed by atoms with van der Waals surface area (Å²) in [4.78, 5) is 36.2. The molecule has 2 fully saturated rings. The first kappa shape index (κ1) is 28.4. The Morgan fingerprint density at radius 3 is 2.00 bits per heavy atom. The maximum Gasteiger partial charge on any atom is 0.417 e. The Balaban J connectivity index is 0.000000244. The lowest BCUT2D eigenvalue weighted by atomic mass is 10.1. The van der Waals surface area contributed by atoms with E-state index in [0.717, 1.165) is 16.9 Å². The monoisotopic (exact) mass is 532 g/mol. The number of nitrogens with zero attached hydrogens (tertiary/aromatic N) is 1. The minimum atomic E-state index is -3.56. The van der Waals surface area contributed by atoms with Crippen molar-refractivity contribution in [2.45, 2.75) is 38.8 Å². The molecule has 37 heavy (non-hydrogen) atoms. The highest BCUT2D eigenvalue weighted by Gasteiger charge is 2.41. The summed E-state index contributed by atoms with van der Waals surface area (Å²) in [6, 6.07) is 19.3. The third-order valence-electron chi connectivity index (χ3n) is 5.59. The van der Waals surface area contributed by atoms with Crippen molar-refractivity contribution < 1.29 is 37.5 Å². The highest BCUT2D eigenvalue weighted by Crippen LogP contribution is 2.48. The van der Waals surface area contributed by atoms with Crippen LogP contribution in [0.4, 0.5) is 9.59 Å². The van der Waals surface area contributed by atoms with Gasteiger partial charge < -0.3 is 23.8 Å². The number of hydrogen-bond acceptors (Lipinski definition) is 8. The van der Waals surface area contributed by atoms with E-state index in [2.05, 4.69) is 5.32 Å². The van der Waals surface area contributed by atoms with E-state index in [-0.39, 0.29) is 32.0 Å². The molecule has 2 aliphatic rings. The van der Waals surface area contributed by atoms with Gasteiger partial charge in [0.05, 0.1) is 25.3 Å². The van der Waals surface area contributed by atoms with Crippen LogP contribution < -0.4 is 5.32 Å². The second-order valence-electron chi connectivity index (χ2n) is 8.42. The van der Waals surface area contributed by atoms with Crippen molar-refractivity contribution in [3.05, 3.63) is 71.8 Å². The van der Waals surface area contributed by atoms with Gasteiger partial charge >= 0.3 is 19.8 Å². The molecule has 0 radical (unpaired) electrons. The van der Waals surface area contributed by atoms with Crippen molar-refractivity contribution in [1.29, 1.82) is 0 Å². The molecule has 2 heterocycles. The van der Waals surface area contributed by atoms with Gasteiger partial charge in [-0.2, -0.15) is 0 Å². The molecule has 4 rings (SSSR count). The fraction of sp³-hybridized carbons (Fsp3) is 0.423. The predicted molar refractivity (Wildman–Crippen MR) is 136 cm³/mol. The summed E-state index contributed by atoms with van der Waals surface area (Å²) in [5.41, 5.74) is 2.20. The Labute approximate surface area is 216 Å². The SMILES string of the molecule is CCOP(=O)(CC(=O)N1C(=O)OCC1Cc1ccccc1)OCC.O=C1NC(Cc2ccccc2)CO1. The van der Waals surface area contributed by atoms with Gasteiger partial charge in [-0.15, -0.1) is 0 Å². The zero-order valence-electron chi connectivity index (χ0n) is 21.0. The average Bonchev–Trinajstić information content (AvgIpc) is 3.45. The van der Waals surface area contributed by atoms with Gasteiger partial charge in [0.1, 0.15) is 19.4 Å². The van der Waals surface area contributed by atoms with Gasteiger partial charge in [0.15, 0.2) is 0 Å². The van der Waals surface area contributed by atoms with Crippen molar-refractivity contribution >= 4 is 25.7 Å². The molecule has 2 unspecified atom stereocenters. The van der Waals surface area contributed by atoms with Crippen LogP contribution in [0.2, 0.25) is 0 Å². The van der Waals surface area contributed by atoms with E-state index in [1.807, 2.05) is 60.7 Å². The number of ether oxygens (including phenoxy) is 2. The molecule has 2 aromatic rings. The fourth-order valence-corrected chi connectivity index (χ4v) is 5.53. The topological polar surface area (TPSA) is 120 Å². The largest absolute Gasteiger partial charge is 0.447 e. The molecule has 0 spiro atoms. The molecule has 2 saturated heterocycles. The maximum atomic E-state index is 12.5. The lowest BCUT2D eigenvalue weighted by molar-refractivity contribution is -0.126. The number of imide groups is 1. The number of hydrogen-bond donors (Lipinski definition) is 1. The maximum absolute atomic E-state index is 12.5. The van der Waals surface area contributed by atoms with Crippen LogP contribution in [0.1, 0.15) is 25.0 Å². The number of amides is 3. The van der Waals surface area contributed by atoms with Crippen molar-refractivity contribution in [2.24, 2.45) is 0 Å². The summed E-state index contributed by atoms with van der Waals surface area (Å²) in [5, 5.41) is 2.74. The van der Waals surface area contributed by atoms with Crippen molar-refractivity contribution in [3.8, 4) is 0 Å². The molecular formula is C26H33N2O8P. The van der Waals surface area contributed by atoms with Crippen LogP contribution in [-0.2, 0) is 40.7 Å². The van der Waals surface area contributed by atoms with Crippen LogP contribution in [0.15, 0.2) is 60.7 Å². The van der Waals surface area contributed by atoms with Crippen LogP contribution in [0.25, 0.3) is 0 Å². The molecule has 0 saturated carbocycles. The molecule has 3 amide bonds. The molecule has 1 N–H and O–H groups in total. The zero-order chi connectivity index (χ0) is 26.7. The summed E-state index contributed by atoms with van der Waals surface area (Å²) in [6.07, 6.45) is -0.186. The number of carbonyl (C=O) groups is 3. The van der Waals surface area contributed by atoms with Crippen LogP contribution in [0, 0.1) is 0 Å². The van der Waals surface area contributed by atoms with E-state index >= 15 is 0 Å². The Morgan fingerprint density at radius 2 is 1.49 bits per heavy atom. The summed E-state index contributed by atoms with van der Waals surface area (Å²) in [6.45, 7) is 4.24. The summed E-state index contributed by atoms with van der Waals surface area (Å²) < 4.78 is 32.5. The Bertz CT molecular complexity index is 1070. The number of nitrogens with one attached hydrogen (secondary N) is 1. The smallest absolute Gasteiger partial charge is 0.417 e. The molecule has 10 nitrogen and oxygen atoms in total. The number of benzene rings is 2. The lowest BCUT2D eigenvalue weighted by Gasteiger charge is -2.22. The lowest BCUT2D eigenvalue weighted by Crippen LogP contribution is -2.41. The first-order chi connectivity index (χ1) is 17.8. The van der Waals surface area contributed by atoms with Gasteiger partial charge in [-0.3, -0.25) is 9.36 Å². The number of carbonyl (C=O) groups excluding carboxylic acids is 3. The van der Waals surface area contributed by atoms with Crippen LogP contribution in [0.5, 0.6) is 0 Å². The Hall–Kier alpha value is -3.20. The van der Waals surface area contributed by atoms with Gasteiger partial charge in [-0.05, 0) is 37.8 Å². The third-order valence-corrected chi connectivity index (χ3v) is 7.55. The second-order valence-corrected chi connectivity index (χ2v) is 10.5. The Kier molecular flexibility index (Phi) is 10.7. The van der Waals surface area contributed by atoms with E-state index in [1.165, 1.54) is 5.56 Å². The molecule has 0 aliphatic carbocycles. The first-order valence-corrected chi connectivity index (χ1v) is 13.9. The highest BCUT2D eigenvalue weighted by molar-refractivity contribution is 7.54. The van der Waals surface area contributed by atoms with Crippen LogP contribution >= 0.6 is 7.60 Å². The molecule has 0 bridgehead atoms. The zero-order valence-corrected chi connectivity index (χ0v) is 21.9. The molecule has 200 valence electrons. The van der Waals surface area contributed by atoms with Gasteiger partial charge in [0.25, 0.3) is 0 Å². The molecular weight excluding hydrogens is 499 g/mol. The fourth-order valence-electron chi connectivity index (χ4n) is 4.00. The van der Waals surface area contributed by atoms with Gasteiger partial charge in [0.2, 0.25) is 5.91 Å². The second kappa shape index (κ2) is 13.9. The number of rotatable bonds is 10. The average molecular weight is 533 g/mol. The van der Waals surface area contributed by atoms with Crippen LogP contribution in [0.3, 0.4) is 0 Å². The Morgan fingerprint density at radius 1 is 0.919 bits per heavy atom. The molecule has 2 atom stereocenters. The van der Waals surface area contributed by atoms with E-state index in [0.29, 0.717) is 13.0 Å². The summed E-state index contributed by atoms with van der Waals surface area (Å²) in [5.74, 6) is -0.608. The molecule has 11 heteroatoms.